The van der Waals surface area contributed by atoms with Crippen LogP contribution in [0, 0.1) is 13.8 Å². The molecule has 1 aliphatic carbocycles. The van der Waals surface area contributed by atoms with Gasteiger partial charge in [0.1, 0.15) is 11.5 Å². The van der Waals surface area contributed by atoms with Gasteiger partial charge < -0.3 is 20.1 Å². The Morgan fingerprint density at radius 3 is 1.47 bits per heavy atom. The molecule has 2 N–H and O–H groups in total. The van der Waals surface area contributed by atoms with Crippen LogP contribution in [0.1, 0.15) is 87.5 Å². The van der Waals surface area contributed by atoms with E-state index in [0.29, 0.717) is 0 Å². The second-order valence-electron chi connectivity index (χ2n) is 10.8. The highest BCUT2D eigenvalue weighted by Crippen LogP contribution is 2.33. The number of hydrogen-bond donors (Lipinski definition) is 2. The Hall–Kier alpha value is -2.06. The first kappa shape index (κ1) is 30.5. The van der Waals surface area contributed by atoms with Crippen molar-refractivity contribution in [3.8, 4) is 11.5 Å². The lowest BCUT2D eigenvalue weighted by Gasteiger charge is -2.33. The van der Waals surface area contributed by atoms with Gasteiger partial charge in [0, 0.05) is 21.0 Å². The summed E-state index contributed by atoms with van der Waals surface area (Å²) >= 11 is 7.16. The molecule has 2 atom stereocenters. The summed E-state index contributed by atoms with van der Waals surface area (Å²) < 4.78 is 13.9. The van der Waals surface area contributed by atoms with Gasteiger partial charge in [0.25, 0.3) is 11.8 Å². The third-order valence-corrected chi connectivity index (χ3v) is 8.71. The maximum Gasteiger partial charge on any atom is 0.258 e. The van der Waals surface area contributed by atoms with E-state index in [0.717, 1.165) is 68.4 Å². The highest BCUT2D eigenvalue weighted by atomic mass is 79.9. The van der Waals surface area contributed by atoms with Crippen LogP contribution in [0.25, 0.3) is 0 Å². The number of ether oxygens (including phenoxy) is 2. The molecule has 2 aromatic rings. The van der Waals surface area contributed by atoms with Crippen molar-refractivity contribution in [2.45, 2.75) is 91.1 Å². The van der Waals surface area contributed by atoms with Crippen molar-refractivity contribution in [2.75, 3.05) is 13.2 Å². The van der Waals surface area contributed by atoms with E-state index in [4.69, 9.17) is 9.47 Å². The minimum absolute atomic E-state index is 0.0675. The smallest absolute Gasteiger partial charge is 0.258 e. The average Bonchev–Trinajstić information content (AvgIpc) is 2.85. The highest BCUT2D eigenvalue weighted by molar-refractivity contribution is 9.10. The summed E-state index contributed by atoms with van der Waals surface area (Å²) in [5.74, 6) is 1.62. The molecule has 6 nitrogen and oxygen atoms in total. The Morgan fingerprint density at radius 2 is 1.13 bits per heavy atom. The minimum Gasteiger partial charge on any atom is -0.483 e. The number of benzene rings is 2. The number of rotatable bonds is 10. The third-order valence-electron chi connectivity index (χ3n) is 7.00. The van der Waals surface area contributed by atoms with Gasteiger partial charge in [-0.2, -0.15) is 0 Å². The zero-order valence-electron chi connectivity index (χ0n) is 23.3. The Balaban J connectivity index is 1.57. The number of aryl methyl sites for hydroxylation is 2. The molecular weight excluding hydrogens is 612 g/mol. The lowest BCUT2D eigenvalue weighted by atomic mass is 9.90. The number of hydrogen-bond acceptors (Lipinski definition) is 4. The Labute approximate surface area is 243 Å². The Kier molecular flexibility index (Phi) is 11.1. The van der Waals surface area contributed by atoms with Gasteiger partial charge in [-0.3, -0.25) is 9.59 Å². The van der Waals surface area contributed by atoms with Crippen LogP contribution in [-0.4, -0.2) is 37.1 Å². The van der Waals surface area contributed by atoms with Crippen molar-refractivity contribution in [3.05, 3.63) is 55.5 Å². The lowest BCUT2D eigenvalue weighted by molar-refractivity contribution is -0.127. The van der Waals surface area contributed by atoms with E-state index in [2.05, 4.69) is 82.3 Å². The molecule has 1 fully saturated rings. The molecule has 3 rings (SSSR count). The zero-order chi connectivity index (χ0) is 28.0. The summed E-state index contributed by atoms with van der Waals surface area (Å²) in [5.41, 5.74) is 4.22. The first-order chi connectivity index (χ1) is 18.0. The van der Waals surface area contributed by atoms with Crippen LogP contribution in [0.3, 0.4) is 0 Å². The predicted octanol–water partition coefficient (Wildman–Crippen LogP) is 7.08. The van der Waals surface area contributed by atoms with Crippen LogP contribution >= 0.6 is 31.9 Å². The van der Waals surface area contributed by atoms with Gasteiger partial charge in [-0.15, -0.1) is 0 Å². The number of halogens is 2. The molecule has 1 aliphatic rings. The van der Waals surface area contributed by atoms with Gasteiger partial charge >= 0.3 is 0 Å². The number of nitrogens with one attached hydrogen (secondary N) is 2. The first-order valence-corrected chi connectivity index (χ1v) is 15.0. The summed E-state index contributed by atoms with van der Waals surface area (Å²) in [6.07, 6.45) is 3.65. The maximum absolute atomic E-state index is 12.8. The van der Waals surface area contributed by atoms with Crippen LogP contribution in [0.5, 0.6) is 11.5 Å². The minimum atomic E-state index is -0.186. The fourth-order valence-electron chi connectivity index (χ4n) is 4.75. The van der Waals surface area contributed by atoms with Crippen LogP contribution in [-0.2, 0) is 9.59 Å². The fourth-order valence-corrected chi connectivity index (χ4v) is 5.48. The van der Waals surface area contributed by atoms with Crippen LogP contribution in [0.4, 0.5) is 0 Å². The first-order valence-electron chi connectivity index (χ1n) is 13.4. The Morgan fingerprint density at radius 1 is 0.763 bits per heavy atom. The standard InChI is InChI=1S/C30H40Br2N2O4/c1-17(2)21-13-23(31)19(5)11-27(21)37-15-29(35)33-25-9-7-8-10-26(25)34-30(36)16-38-28-12-20(6)24(32)14-22(28)18(3)4/h11-14,17-18,25-26H,7-10,15-16H2,1-6H3,(H,33,35)(H,34,36)/t25-,26+. The second-order valence-corrected chi connectivity index (χ2v) is 12.5. The molecule has 0 spiro atoms. The summed E-state index contributed by atoms with van der Waals surface area (Å²) in [6, 6.07) is 7.77. The van der Waals surface area contributed by atoms with Gasteiger partial charge in [-0.05, 0) is 85.0 Å². The van der Waals surface area contributed by atoms with E-state index in [1.165, 1.54) is 0 Å². The molecule has 0 heterocycles. The molecule has 0 unspecified atom stereocenters. The van der Waals surface area contributed by atoms with E-state index in [1.807, 2.05) is 26.0 Å². The molecule has 1 saturated carbocycles. The molecule has 0 radical (unpaired) electrons. The van der Waals surface area contributed by atoms with Crippen LogP contribution in [0.2, 0.25) is 0 Å². The molecule has 2 aromatic carbocycles. The predicted molar refractivity (Wildman–Crippen MR) is 159 cm³/mol. The average molecular weight is 652 g/mol. The van der Waals surface area contributed by atoms with Gasteiger partial charge in [-0.25, -0.2) is 0 Å². The number of carbonyl (C=O) groups is 2. The maximum atomic E-state index is 12.8. The zero-order valence-corrected chi connectivity index (χ0v) is 26.4. The van der Waals surface area contributed by atoms with E-state index in [-0.39, 0.29) is 48.9 Å². The highest BCUT2D eigenvalue weighted by Gasteiger charge is 2.28. The number of carbonyl (C=O) groups excluding carboxylic acids is 2. The summed E-state index contributed by atoms with van der Waals surface area (Å²) in [5, 5.41) is 6.19. The molecular formula is C30H40Br2N2O4. The van der Waals surface area contributed by atoms with E-state index in [1.54, 1.807) is 0 Å². The Bertz CT molecular complexity index is 1060. The fraction of sp³-hybridized carbons (Fsp3) is 0.533. The molecule has 0 saturated heterocycles. The van der Waals surface area contributed by atoms with Gasteiger partial charge in [0.2, 0.25) is 0 Å². The van der Waals surface area contributed by atoms with Crippen molar-refractivity contribution in [3.63, 3.8) is 0 Å². The molecule has 208 valence electrons. The normalized spacial score (nSPS) is 17.4. The largest absolute Gasteiger partial charge is 0.483 e. The van der Waals surface area contributed by atoms with Crippen LogP contribution in [0.15, 0.2) is 33.2 Å². The van der Waals surface area contributed by atoms with Gasteiger partial charge in [-0.1, -0.05) is 72.4 Å². The van der Waals surface area contributed by atoms with Crippen molar-refractivity contribution in [1.29, 1.82) is 0 Å². The van der Waals surface area contributed by atoms with Gasteiger partial charge in [0.05, 0.1) is 0 Å². The van der Waals surface area contributed by atoms with Gasteiger partial charge in [0.15, 0.2) is 13.2 Å². The summed E-state index contributed by atoms with van der Waals surface area (Å²) in [4.78, 5) is 25.7. The molecule has 0 bridgehead atoms. The van der Waals surface area contributed by atoms with Crippen molar-refractivity contribution < 1.29 is 19.1 Å². The number of amides is 2. The van der Waals surface area contributed by atoms with E-state index < -0.39 is 0 Å². The molecule has 0 aromatic heterocycles. The molecule has 0 aliphatic heterocycles. The van der Waals surface area contributed by atoms with E-state index in [9.17, 15) is 9.59 Å². The van der Waals surface area contributed by atoms with Crippen molar-refractivity contribution >= 4 is 43.7 Å². The molecule has 38 heavy (non-hydrogen) atoms. The molecule has 2 amide bonds. The lowest BCUT2D eigenvalue weighted by Crippen LogP contribution is -2.54. The van der Waals surface area contributed by atoms with E-state index >= 15 is 0 Å². The summed E-state index contributed by atoms with van der Waals surface area (Å²) in [6.45, 7) is 12.3. The quantitative estimate of drug-likeness (QED) is 0.288. The van der Waals surface area contributed by atoms with Crippen LogP contribution < -0.4 is 20.1 Å². The van der Waals surface area contributed by atoms with Crippen molar-refractivity contribution in [1.82, 2.24) is 10.6 Å². The molecule has 8 heteroatoms. The summed E-state index contributed by atoms with van der Waals surface area (Å²) in [7, 11) is 0. The van der Waals surface area contributed by atoms with Crippen molar-refractivity contribution in [2.24, 2.45) is 0 Å². The topological polar surface area (TPSA) is 76.7 Å². The third kappa shape index (κ3) is 8.22. The SMILES string of the molecule is Cc1cc(OCC(=O)N[C@H]2CCCC[C@H]2NC(=O)COc2cc(C)c(Br)cc2C(C)C)c(C(C)C)cc1Br. The second kappa shape index (κ2) is 13.8. The monoisotopic (exact) mass is 650 g/mol.